The van der Waals surface area contributed by atoms with E-state index < -0.39 is 17.4 Å². The van der Waals surface area contributed by atoms with Crippen molar-refractivity contribution in [3.63, 3.8) is 0 Å². The molecule has 1 aliphatic carbocycles. The fraction of sp³-hybridized carbons (Fsp3) is 0.583. The van der Waals surface area contributed by atoms with Gasteiger partial charge in [-0.05, 0) is 26.3 Å². The molecule has 1 aliphatic rings. The molecule has 94 valence electrons. The first kappa shape index (κ1) is 13.4. The van der Waals surface area contributed by atoms with Crippen LogP contribution in [0.1, 0.15) is 26.7 Å². The van der Waals surface area contributed by atoms with Gasteiger partial charge in [-0.3, -0.25) is 14.4 Å². The maximum absolute atomic E-state index is 11.8. The first-order chi connectivity index (χ1) is 8.06. The molecule has 0 saturated carbocycles. The van der Waals surface area contributed by atoms with Crippen molar-refractivity contribution in [3.05, 3.63) is 12.2 Å². The topological polar surface area (TPSA) is 69.7 Å². The van der Waals surface area contributed by atoms with Crippen molar-refractivity contribution in [2.75, 3.05) is 13.2 Å². The van der Waals surface area contributed by atoms with Crippen LogP contribution in [0.3, 0.4) is 0 Å². The number of ether oxygens (including phenoxy) is 2. The minimum atomic E-state index is -1.40. The van der Waals surface area contributed by atoms with Crippen molar-refractivity contribution in [2.45, 2.75) is 26.7 Å². The van der Waals surface area contributed by atoms with E-state index in [1.807, 2.05) is 0 Å². The highest BCUT2D eigenvalue weighted by atomic mass is 16.5. The van der Waals surface area contributed by atoms with E-state index in [2.05, 4.69) is 0 Å². The molecule has 0 aromatic rings. The van der Waals surface area contributed by atoms with Crippen LogP contribution >= 0.6 is 0 Å². The van der Waals surface area contributed by atoms with Gasteiger partial charge in [-0.1, -0.05) is 6.08 Å². The van der Waals surface area contributed by atoms with Gasteiger partial charge >= 0.3 is 11.9 Å². The molecule has 0 radical (unpaired) electrons. The summed E-state index contributed by atoms with van der Waals surface area (Å²) in [5, 5.41) is 0. The van der Waals surface area contributed by atoms with Crippen LogP contribution < -0.4 is 0 Å². The monoisotopic (exact) mass is 240 g/mol. The van der Waals surface area contributed by atoms with Crippen LogP contribution in [0.5, 0.6) is 0 Å². The molecule has 17 heavy (non-hydrogen) atoms. The molecule has 0 heterocycles. The molecule has 0 bridgehead atoms. The zero-order chi connectivity index (χ0) is 12.9. The van der Waals surface area contributed by atoms with Crippen molar-refractivity contribution >= 4 is 17.7 Å². The van der Waals surface area contributed by atoms with Crippen molar-refractivity contribution in [3.8, 4) is 0 Å². The van der Waals surface area contributed by atoms with Crippen LogP contribution in [0.15, 0.2) is 12.2 Å². The Morgan fingerprint density at radius 1 is 1.29 bits per heavy atom. The van der Waals surface area contributed by atoms with Gasteiger partial charge in [0.2, 0.25) is 0 Å². The van der Waals surface area contributed by atoms with Gasteiger partial charge in [0.25, 0.3) is 0 Å². The third-order valence-corrected chi connectivity index (χ3v) is 2.62. The molecule has 0 aromatic heterocycles. The molecular formula is C12H16O5. The molecule has 0 aromatic carbocycles. The van der Waals surface area contributed by atoms with E-state index in [1.165, 1.54) is 6.08 Å². The molecular weight excluding hydrogens is 224 g/mol. The molecule has 1 rings (SSSR count). The normalized spacial score (nSPS) is 22.6. The summed E-state index contributed by atoms with van der Waals surface area (Å²) < 4.78 is 9.65. The molecule has 1 atom stereocenters. The Balaban J connectivity index is 2.84. The van der Waals surface area contributed by atoms with Crippen molar-refractivity contribution in [2.24, 2.45) is 5.41 Å². The van der Waals surface area contributed by atoms with E-state index in [9.17, 15) is 14.4 Å². The highest BCUT2D eigenvalue weighted by molar-refractivity contribution is 6.13. The number of ketones is 1. The zero-order valence-electron chi connectivity index (χ0n) is 10.0. The lowest BCUT2D eigenvalue weighted by molar-refractivity contribution is -0.164. The second-order valence-electron chi connectivity index (χ2n) is 3.76. The van der Waals surface area contributed by atoms with Crippen molar-refractivity contribution < 1.29 is 23.9 Å². The smallest absolute Gasteiger partial charge is 0.320 e. The second kappa shape index (κ2) is 5.61. The summed E-state index contributed by atoms with van der Waals surface area (Å²) in [6, 6.07) is 0. The number of hydrogen-bond acceptors (Lipinski definition) is 5. The summed E-state index contributed by atoms with van der Waals surface area (Å²) in [5.41, 5.74) is -1.40. The number of carbonyl (C=O) groups is 3. The fourth-order valence-corrected chi connectivity index (χ4v) is 1.77. The lowest BCUT2D eigenvalue weighted by atomic mass is 9.81. The Hall–Kier alpha value is -1.65. The van der Waals surface area contributed by atoms with Crippen LogP contribution in [0, 0.1) is 5.41 Å². The Labute approximate surface area is 99.8 Å². The molecule has 0 amide bonds. The fourth-order valence-electron chi connectivity index (χ4n) is 1.77. The predicted molar refractivity (Wildman–Crippen MR) is 59.1 cm³/mol. The van der Waals surface area contributed by atoms with E-state index >= 15 is 0 Å². The third kappa shape index (κ3) is 2.72. The highest BCUT2D eigenvalue weighted by Crippen LogP contribution is 2.35. The summed E-state index contributed by atoms with van der Waals surface area (Å²) >= 11 is 0. The SMILES string of the molecule is CCOC(=O)CC1(C(=O)OCC)CC=CC1=O. The first-order valence-corrected chi connectivity index (χ1v) is 5.60. The first-order valence-electron chi connectivity index (χ1n) is 5.60. The average molecular weight is 240 g/mol. The standard InChI is InChI=1S/C12H16O5/c1-3-16-10(14)8-12(11(15)17-4-2)7-5-6-9(12)13/h5-6H,3-4,7-8H2,1-2H3. The predicted octanol–water partition coefficient (Wildman–Crippen LogP) is 1.02. The molecule has 5 heteroatoms. The number of rotatable bonds is 5. The van der Waals surface area contributed by atoms with Crippen molar-refractivity contribution in [1.29, 1.82) is 0 Å². The summed E-state index contributed by atoms with van der Waals surface area (Å²) in [7, 11) is 0. The lowest BCUT2D eigenvalue weighted by Crippen LogP contribution is -2.39. The largest absolute Gasteiger partial charge is 0.466 e. The minimum absolute atomic E-state index is 0.177. The Bertz CT molecular complexity index is 358. The van der Waals surface area contributed by atoms with Gasteiger partial charge in [0, 0.05) is 0 Å². The Kier molecular flexibility index (Phi) is 4.43. The summed E-state index contributed by atoms with van der Waals surface area (Å²) in [6.45, 7) is 3.72. The molecule has 0 N–H and O–H groups in total. The zero-order valence-corrected chi connectivity index (χ0v) is 10.0. The van der Waals surface area contributed by atoms with Crippen LogP contribution in [0.4, 0.5) is 0 Å². The van der Waals surface area contributed by atoms with E-state index in [-0.39, 0.29) is 31.8 Å². The lowest BCUT2D eigenvalue weighted by Gasteiger charge is -2.23. The number of carbonyl (C=O) groups excluding carboxylic acids is 3. The second-order valence-corrected chi connectivity index (χ2v) is 3.76. The molecule has 5 nitrogen and oxygen atoms in total. The van der Waals surface area contributed by atoms with Crippen molar-refractivity contribution in [1.82, 2.24) is 0 Å². The highest BCUT2D eigenvalue weighted by Gasteiger charge is 2.49. The molecule has 1 unspecified atom stereocenters. The molecule has 0 saturated heterocycles. The molecule has 0 fully saturated rings. The summed E-state index contributed by atoms with van der Waals surface area (Å²) in [6.07, 6.45) is 2.84. The van der Waals surface area contributed by atoms with Gasteiger partial charge in [-0.15, -0.1) is 0 Å². The molecule has 0 aliphatic heterocycles. The number of esters is 2. The quantitative estimate of drug-likeness (QED) is 0.530. The van der Waals surface area contributed by atoms with Gasteiger partial charge in [0.15, 0.2) is 5.78 Å². The average Bonchev–Trinajstić information content (AvgIpc) is 2.62. The van der Waals surface area contributed by atoms with E-state index in [0.717, 1.165) is 0 Å². The molecule has 0 spiro atoms. The van der Waals surface area contributed by atoms with E-state index in [0.29, 0.717) is 0 Å². The third-order valence-electron chi connectivity index (χ3n) is 2.62. The Morgan fingerprint density at radius 3 is 2.41 bits per heavy atom. The number of allylic oxidation sites excluding steroid dienone is 2. The summed E-state index contributed by atoms with van der Waals surface area (Å²) in [4.78, 5) is 35.0. The van der Waals surface area contributed by atoms with Crippen LogP contribution in [0.25, 0.3) is 0 Å². The van der Waals surface area contributed by atoms with Crippen LogP contribution in [-0.4, -0.2) is 30.9 Å². The van der Waals surface area contributed by atoms with Crippen LogP contribution in [-0.2, 0) is 23.9 Å². The van der Waals surface area contributed by atoms with E-state index in [4.69, 9.17) is 9.47 Å². The van der Waals surface area contributed by atoms with Crippen LogP contribution in [0.2, 0.25) is 0 Å². The van der Waals surface area contributed by atoms with Gasteiger partial charge in [-0.2, -0.15) is 0 Å². The van der Waals surface area contributed by atoms with E-state index in [1.54, 1.807) is 19.9 Å². The number of hydrogen-bond donors (Lipinski definition) is 0. The van der Waals surface area contributed by atoms with Gasteiger partial charge in [0.1, 0.15) is 5.41 Å². The Morgan fingerprint density at radius 2 is 1.94 bits per heavy atom. The van der Waals surface area contributed by atoms with Gasteiger partial charge in [0.05, 0.1) is 19.6 Å². The van der Waals surface area contributed by atoms with Gasteiger partial charge < -0.3 is 9.47 Å². The summed E-state index contributed by atoms with van der Waals surface area (Å²) in [5.74, 6) is -1.59. The minimum Gasteiger partial charge on any atom is -0.466 e. The van der Waals surface area contributed by atoms with Gasteiger partial charge in [-0.25, -0.2) is 0 Å². The maximum atomic E-state index is 11.8. The maximum Gasteiger partial charge on any atom is 0.320 e.